The quantitative estimate of drug-likeness (QED) is 0.648. The van der Waals surface area contributed by atoms with Crippen LogP contribution >= 0.6 is 11.6 Å². The zero-order valence-corrected chi connectivity index (χ0v) is 19.3. The summed E-state index contributed by atoms with van der Waals surface area (Å²) in [6.07, 6.45) is 0.234. The average molecular weight is 466 g/mol. The lowest BCUT2D eigenvalue weighted by atomic mass is 10.1. The molecule has 2 aromatic carbocycles. The number of likely N-dealkylation sites (N-methyl/N-ethyl adjacent to an activating group) is 1. The van der Waals surface area contributed by atoms with E-state index in [0.717, 1.165) is 36.1 Å². The van der Waals surface area contributed by atoms with Crippen molar-refractivity contribution >= 4 is 27.5 Å². The van der Waals surface area contributed by atoms with Crippen molar-refractivity contribution in [2.75, 3.05) is 33.3 Å². The molecule has 2 aromatic rings. The average Bonchev–Trinajstić information content (AvgIpc) is 2.73. The molecule has 0 aliphatic carbocycles. The first-order chi connectivity index (χ1) is 14.7. The predicted molar refractivity (Wildman–Crippen MR) is 120 cm³/mol. The van der Waals surface area contributed by atoms with E-state index in [2.05, 4.69) is 29.3 Å². The Balaban J connectivity index is 1.52. The molecule has 1 fully saturated rings. The molecule has 1 aliphatic heterocycles. The van der Waals surface area contributed by atoms with Crippen molar-refractivity contribution in [3.8, 4) is 0 Å². The third-order valence-electron chi connectivity index (χ3n) is 5.10. The van der Waals surface area contributed by atoms with E-state index in [4.69, 9.17) is 16.3 Å². The summed E-state index contributed by atoms with van der Waals surface area (Å²) in [5.74, 6) is -0.368. The molecule has 1 saturated heterocycles. The van der Waals surface area contributed by atoms with Crippen LogP contribution in [0.1, 0.15) is 18.1 Å². The monoisotopic (exact) mass is 465 g/mol. The Hall–Kier alpha value is -1.97. The van der Waals surface area contributed by atoms with E-state index in [-0.39, 0.29) is 23.5 Å². The lowest BCUT2D eigenvalue weighted by Gasteiger charge is -2.31. The van der Waals surface area contributed by atoms with Crippen LogP contribution in [0.5, 0.6) is 0 Å². The summed E-state index contributed by atoms with van der Waals surface area (Å²) in [6, 6.07) is 13.9. The fourth-order valence-corrected chi connectivity index (χ4v) is 4.71. The summed E-state index contributed by atoms with van der Waals surface area (Å²) >= 11 is 5.82. The molecule has 1 aliphatic rings. The number of halogens is 1. The highest BCUT2D eigenvalue weighted by Gasteiger charge is 2.23. The van der Waals surface area contributed by atoms with Gasteiger partial charge in [-0.25, -0.2) is 8.42 Å². The molecule has 1 unspecified atom stereocenters. The van der Waals surface area contributed by atoms with Gasteiger partial charge in [0.05, 0.1) is 24.2 Å². The maximum atomic E-state index is 12.6. The lowest BCUT2D eigenvalue weighted by molar-refractivity contribution is -0.121. The molecule has 0 radical (unpaired) electrons. The molecule has 3 rings (SSSR count). The lowest BCUT2D eigenvalue weighted by Crippen LogP contribution is -2.40. The SMILES string of the molecule is CC1CN(Cc2cccc(CNC(=O)CN(C)S(=O)(=O)c3ccc(Cl)cc3)c2)CCO1. The van der Waals surface area contributed by atoms with Crippen LogP contribution in [0.2, 0.25) is 5.02 Å². The topological polar surface area (TPSA) is 79.0 Å². The first kappa shape index (κ1) is 23.7. The Morgan fingerprint density at radius 3 is 2.65 bits per heavy atom. The molecule has 1 N–H and O–H groups in total. The van der Waals surface area contributed by atoms with Gasteiger partial charge in [-0.05, 0) is 42.3 Å². The number of benzene rings is 2. The number of carbonyl (C=O) groups excluding carboxylic acids is 1. The first-order valence-corrected chi connectivity index (χ1v) is 12.0. The van der Waals surface area contributed by atoms with E-state index in [1.165, 1.54) is 36.9 Å². The number of amides is 1. The summed E-state index contributed by atoms with van der Waals surface area (Å²) in [7, 11) is -2.38. The van der Waals surface area contributed by atoms with Crippen LogP contribution in [0.15, 0.2) is 53.4 Å². The minimum atomic E-state index is -3.76. The molecule has 31 heavy (non-hydrogen) atoms. The largest absolute Gasteiger partial charge is 0.376 e. The number of ether oxygens (including phenoxy) is 1. The highest BCUT2D eigenvalue weighted by molar-refractivity contribution is 7.89. The summed E-state index contributed by atoms with van der Waals surface area (Å²) < 4.78 is 31.8. The standard InChI is InChI=1S/C22H28ClN3O4S/c1-17-14-26(10-11-30-17)15-19-5-3-4-18(12-19)13-24-22(27)16-25(2)31(28,29)21-8-6-20(23)7-9-21/h3-9,12,17H,10-11,13-16H2,1-2H3,(H,24,27). The van der Waals surface area contributed by atoms with E-state index >= 15 is 0 Å². The van der Waals surface area contributed by atoms with Crippen LogP contribution in [-0.4, -0.2) is 62.9 Å². The van der Waals surface area contributed by atoms with Gasteiger partial charge in [0.15, 0.2) is 0 Å². The number of morpholine rings is 1. The van der Waals surface area contributed by atoms with E-state index in [0.29, 0.717) is 11.6 Å². The summed E-state index contributed by atoms with van der Waals surface area (Å²) in [5.41, 5.74) is 2.14. The van der Waals surface area contributed by atoms with Crippen molar-refractivity contribution in [3.05, 3.63) is 64.7 Å². The van der Waals surface area contributed by atoms with Crippen LogP contribution in [0.3, 0.4) is 0 Å². The summed E-state index contributed by atoms with van der Waals surface area (Å²) in [4.78, 5) is 14.8. The highest BCUT2D eigenvalue weighted by Crippen LogP contribution is 2.17. The van der Waals surface area contributed by atoms with Gasteiger partial charge in [0.25, 0.3) is 0 Å². The molecule has 1 atom stereocenters. The van der Waals surface area contributed by atoms with Crippen molar-refractivity contribution in [2.45, 2.75) is 31.0 Å². The van der Waals surface area contributed by atoms with Crippen molar-refractivity contribution in [2.24, 2.45) is 0 Å². The minimum absolute atomic E-state index is 0.0948. The third kappa shape index (κ3) is 6.75. The van der Waals surface area contributed by atoms with E-state index in [1.807, 2.05) is 12.1 Å². The smallest absolute Gasteiger partial charge is 0.243 e. The Morgan fingerprint density at radius 1 is 1.23 bits per heavy atom. The van der Waals surface area contributed by atoms with Gasteiger partial charge in [0.2, 0.25) is 15.9 Å². The number of sulfonamides is 1. The second-order valence-corrected chi connectivity index (χ2v) is 10.2. The number of nitrogens with zero attached hydrogens (tertiary/aromatic N) is 2. The summed E-state index contributed by atoms with van der Waals surface area (Å²) in [6.45, 7) is 5.51. The molecular weight excluding hydrogens is 438 g/mol. The van der Waals surface area contributed by atoms with Crippen LogP contribution < -0.4 is 5.32 Å². The Bertz CT molecular complexity index is 998. The van der Waals surface area contributed by atoms with Crippen molar-refractivity contribution in [3.63, 3.8) is 0 Å². The van der Waals surface area contributed by atoms with Gasteiger partial charge in [0.1, 0.15) is 0 Å². The molecule has 168 valence electrons. The maximum Gasteiger partial charge on any atom is 0.243 e. The Kier molecular flexibility index (Phi) is 8.07. The number of hydrogen-bond donors (Lipinski definition) is 1. The van der Waals surface area contributed by atoms with E-state index in [9.17, 15) is 13.2 Å². The Labute approximate surface area is 189 Å². The number of hydrogen-bond acceptors (Lipinski definition) is 5. The molecule has 0 bridgehead atoms. The second kappa shape index (κ2) is 10.6. The van der Waals surface area contributed by atoms with Gasteiger partial charge in [-0.2, -0.15) is 4.31 Å². The van der Waals surface area contributed by atoms with Crippen LogP contribution in [0, 0.1) is 0 Å². The van der Waals surface area contributed by atoms with Crippen molar-refractivity contribution in [1.29, 1.82) is 0 Å². The van der Waals surface area contributed by atoms with Crippen molar-refractivity contribution < 1.29 is 17.9 Å². The zero-order valence-electron chi connectivity index (χ0n) is 17.8. The normalized spacial score (nSPS) is 17.6. The predicted octanol–water partition coefficient (Wildman–Crippen LogP) is 2.50. The van der Waals surface area contributed by atoms with Crippen LogP contribution in [-0.2, 0) is 32.6 Å². The third-order valence-corrected chi connectivity index (χ3v) is 7.17. The minimum Gasteiger partial charge on any atom is -0.376 e. The molecule has 0 spiro atoms. The molecule has 1 amide bonds. The van der Waals surface area contributed by atoms with Crippen LogP contribution in [0.25, 0.3) is 0 Å². The van der Waals surface area contributed by atoms with Gasteiger partial charge in [-0.1, -0.05) is 35.9 Å². The summed E-state index contributed by atoms with van der Waals surface area (Å²) in [5, 5.41) is 3.25. The fraction of sp³-hybridized carbons (Fsp3) is 0.409. The van der Waals surface area contributed by atoms with E-state index < -0.39 is 10.0 Å². The van der Waals surface area contributed by atoms with Gasteiger partial charge in [-0.15, -0.1) is 0 Å². The molecule has 7 nitrogen and oxygen atoms in total. The molecule has 0 aromatic heterocycles. The fourth-order valence-electron chi connectivity index (χ4n) is 3.46. The Morgan fingerprint density at radius 2 is 1.94 bits per heavy atom. The number of nitrogens with one attached hydrogen (secondary N) is 1. The van der Waals surface area contributed by atoms with Gasteiger partial charge < -0.3 is 10.1 Å². The second-order valence-electron chi connectivity index (χ2n) is 7.73. The number of rotatable bonds is 8. The molecule has 1 heterocycles. The van der Waals surface area contributed by atoms with Crippen molar-refractivity contribution in [1.82, 2.24) is 14.5 Å². The molecular formula is C22H28ClN3O4S. The molecule has 9 heteroatoms. The van der Waals surface area contributed by atoms with Gasteiger partial charge in [0, 0.05) is 38.2 Å². The highest BCUT2D eigenvalue weighted by atomic mass is 35.5. The number of carbonyl (C=O) groups is 1. The zero-order chi connectivity index (χ0) is 22.4. The first-order valence-electron chi connectivity index (χ1n) is 10.1. The van der Waals surface area contributed by atoms with Gasteiger partial charge >= 0.3 is 0 Å². The van der Waals surface area contributed by atoms with E-state index in [1.54, 1.807) is 0 Å². The van der Waals surface area contributed by atoms with Crippen LogP contribution in [0.4, 0.5) is 0 Å². The maximum absolute atomic E-state index is 12.6. The van der Waals surface area contributed by atoms with Gasteiger partial charge in [-0.3, -0.25) is 9.69 Å². The molecule has 0 saturated carbocycles.